The number of aliphatic hydroxyl groups excluding tert-OH is 1. The third kappa shape index (κ3) is 3.66. The van der Waals surface area contributed by atoms with Crippen LogP contribution in [0.3, 0.4) is 0 Å². The molecule has 0 bridgehead atoms. The Bertz CT molecular complexity index is 566. The monoisotopic (exact) mass is 289 g/mol. The van der Waals surface area contributed by atoms with E-state index in [1.165, 1.54) is 0 Å². The van der Waals surface area contributed by atoms with E-state index in [4.69, 9.17) is 5.11 Å². The zero-order valence-corrected chi connectivity index (χ0v) is 12.1. The van der Waals surface area contributed by atoms with E-state index in [1.807, 2.05) is 19.1 Å². The molecule has 112 valence electrons. The number of hydrazone groups is 1. The summed E-state index contributed by atoms with van der Waals surface area (Å²) in [6.07, 6.45) is 0.422. The van der Waals surface area contributed by atoms with Gasteiger partial charge in [-0.15, -0.1) is 0 Å². The van der Waals surface area contributed by atoms with E-state index in [9.17, 15) is 9.59 Å². The molecule has 0 saturated heterocycles. The smallest absolute Gasteiger partial charge is 0.240 e. The van der Waals surface area contributed by atoms with Crippen molar-refractivity contribution in [2.75, 3.05) is 11.9 Å². The van der Waals surface area contributed by atoms with Gasteiger partial charge in [0.1, 0.15) is 0 Å². The largest absolute Gasteiger partial charge is 0.396 e. The predicted molar refractivity (Wildman–Crippen MR) is 79.8 cm³/mol. The summed E-state index contributed by atoms with van der Waals surface area (Å²) in [5.41, 5.74) is 4.89. The van der Waals surface area contributed by atoms with Gasteiger partial charge in [0.2, 0.25) is 11.8 Å². The van der Waals surface area contributed by atoms with E-state index in [0.717, 1.165) is 11.3 Å². The lowest BCUT2D eigenvalue weighted by Gasteiger charge is -2.19. The minimum atomic E-state index is -0.442. The van der Waals surface area contributed by atoms with Gasteiger partial charge in [-0.3, -0.25) is 9.59 Å². The summed E-state index contributed by atoms with van der Waals surface area (Å²) in [5.74, 6) is -0.676. The van der Waals surface area contributed by atoms with Crippen molar-refractivity contribution in [3.63, 3.8) is 0 Å². The topological polar surface area (TPSA) is 90.8 Å². The number of nitrogens with zero attached hydrogens (tertiary/aromatic N) is 1. The number of benzene rings is 1. The van der Waals surface area contributed by atoms with E-state index in [2.05, 4.69) is 15.8 Å². The molecule has 2 unspecified atom stereocenters. The van der Waals surface area contributed by atoms with Gasteiger partial charge in [-0.05, 0) is 17.7 Å². The van der Waals surface area contributed by atoms with Crippen LogP contribution in [0.15, 0.2) is 29.4 Å². The van der Waals surface area contributed by atoms with Crippen LogP contribution < -0.4 is 10.7 Å². The molecule has 0 spiro atoms. The minimum absolute atomic E-state index is 0.0635. The number of hydrogen-bond acceptors (Lipinski definition) is 4. The number of aliphatic hydroxyl groups is 1. The zero-order chi connectivity index (χ0) is 15.4. The molecular weight excluding hydrogens is 270 g/mol. The summed E-state index contributed by atoms with van der Waals surface area (Å²) < 4.78 is 0. The number of anilines is 1. The third-order valence-corrected chi connectivity index (χ3v) is 3.43. The fourth-order valence-corrected chi connectivity index (χ4v) is 2.07. The molecule has 1 aromatic rings. The Morgan fingerprint density at radius 2 is 2.14 bits per heavy atom. The fraction of sp³-hybridized carbons (Fsp3) is 0.400. The Kier molecular flexibility index (Phi) is 4.70. The summed E-state index contributed by atoms with van der Waals surface area (Å²) in [5, 5.41) is 15.8. The predicted octanol–water partition coefficient (Wildman–Crippen LogP) is 1.11. The first-order valence-corrected chi connectivity index (χ1v) is 6.90. The number of carbonyl (C=O) groups is 2. The van der Waals surface area contributed by atoms with Crippen molar-refractivity contribution in [3.8, 4) is 0 Å². The molecule has 0 aromatic heterocycles. The Morgan fingerprint density at radius 1 is 1.48 bits per heavy atom. The molecule has 1 aromatic carbocycles. The lowest BCUT2D eigenvalue weighted by Crippen LogP contribution is -2.31. The SMILES string of the molecule is CC(CO)C(=O)Nc1ccc(C2=NNC(=O)CC2C)cc1. The van der Waals surface area contributed by atoms with Gasteiger partial charge in [0.15, 0.2) is 0 Å². The van der Waals surface area contributed by atoms with Crippen LogP contribution in [-0.4, -0.2) is 29.2 Å². The zero-order valence-electron chi connectivity index (χ0n) is 12.1. The highest BCUT2D eigenvalue weighted by atomic mass is 16.3. The van der Waals surface area contributed by atoms with E-state index >= 15 is 0 Å². The first kappa shape index (κ1) is 15.2. The number of amides is 2. The van der Waals surface area contributed by atoms with Crippen LogP contribution in [0.5, 0.6) is 0 Å². The average Bonchev–Trinajstić information content (AvgIpc) is 2.47. The number of carbonyl (C=O) groups excluding carboxylic acids is 2. The normalized spacial score (nSPS) is 19.5. The second-order valence-corrected chi connectivity index (χ2v) is 5.29. The van der Waals surface area contributed by atoms with E-state index in [-0.39, 0.29) is 24.3 Å². The van der Waals surface area contributed by atoms with Gasteiger partial charge in [-0.1, -0.05) is 26.0 Å². The second kappa shape index (κ2) is 6.49. The van der Waals surface area contributed by atoms with Gasteiger partial charge in [-0.25, -0.2) is 5.43 Å². The molecule has 6 nitrogen and oxygen atoms in total. The Balaban J connectivity index is 2.09. The van der Waals surface area contributed by atoms with Crippen molar-refractivity contribution < 1.29 is 14.7 Å². The van der Waals surface area contributed by atoms with Gasteiger partial charge >= 0.3 is 0 Å². The van der Waals surface area contributed by atoms with Crippen molar-refractivity contribution >= 4 is 23.2 Å². The highest BCUT2D eigenvalue weighted by Gasteiger charge is 2.21. The highest BCUT2D eigenvalue weighted by molar-refractivity contribution is 6.06. The molecule has 1 heterocycles. The van der Waals surface area contributed by atoms with Gasteiger partial charge in [0.05, 0.1) is 18.2 Å². The molecule has 1 aliphatic heterocycles. The van der Waals surface area contributed by atoms with Crippen molar-refractivity contribution in [2.24, 2.45) is 16.9 Å². The van der Waals surface area contributed by atoms with Gasteiger partial charge < -0.3 is 10.4 Å². The van der Waals surface area contributed by atoms with Gasteiger partial charge in [-0.2, -0.15) is 5.10 Å². The van der Waals surface area contributed by atoms with Crippen LogP contribution >= 0.6 is 0 Å². The van der Waals surface area contributed by atoms with Crippen LogP contribution in [-0.2, 0) is 9.59 Å². The first-order valence-electron chi connectivity index (χ1n) is 6.90. The molecular formula is C15H19N3O3. The van der Waals surface area contributed by atoms with E-state index in [1.54, 1.807) is 19.1 Å². The molecule has 2 atom stereocenters. The van der Waals surface area contributed by atoms with E-state index < -0.39 is 5.92 Å². The number of hydrogen-bond donors (Lipinski definition) is 3. The summed E-state index contributed by atoms with van der Waals surface area (Å²) in [6, 6.07) is 7.27. The molecule has 0 fully saturated rings. The van der Waals surface area contributed by atoms with Crippen molar-refractivity contribution in [1.82, 2.24) is 5.43 Å². The maximum atomic E-state index is 11.7. The van der Waals surface area contributed by atoms with Crippen LogP contribution in [0.1, 0.15) is 25.8 Å². The van der Waals surface area contributed by atoms with Crippen LogP contribution in [0, 0.1) is 11.8 Å². The van der Waals surface area contributed by atoms with Gasteiger partial charge in [0, 0.05) is 18.0 Å². The minimum Gasteiger partial charge on any atom is -0.396 e. The Labute approximate surface area is 123 Å². The fourth-order valence-electron chi connectivity index (χ4n) is 2.07. The molecule has 0 saturated carbocycles. The number of nitrogens with one attached hydrogen (secondary N) is 2. The number of rotatable bonds is 4. The van der Waals surface area contributed by atoms with Crippen LogP contribution in [0.25, 0.3) is 0 Å². The van der Waals surface area contributed by atoms with E-state index in [0.29, 0.717) is 12.1 Å². The standard InChI is InChI=1S/C15H19N3O3/c1-9-7-13(20)17-18-14(9)11-3-5-12(6-4-11)16-15(21)10(2)8-19/h3-6,9-10,19H,7-8H2,1-2H3,(H,16,21)(H,17,20). The molecule has 2 amide bonds. The molecule has 2 rings (SSSR count). The lowest BCUT2D eigenvalue weighted by molar-refractivity contribution is -0.122. The van der Waals surface area contributed by atoms with Crippen LogP contribution in [0.4, 0.5) is 5.69 Å². The Hall–Kier alpha value is -2.21. The molecule has 6 heteroatoms. The maximum Gasteiger partial charge on any atom is 0.240 e. The Morgan fingerprint density at radius 3 is 2.71 bits per heavy atom. The molecule has 21 heavy (non-hydrogen) atoms. The summed E-state index contributed by atoms with van der Waals surface area (Å²) >= 11 is 0. The third-order valence-electron chi connectivity index (χ3n) is 3.43. The molecule has 3 N–H and O–H groups in total. The maximum absolute atomic E-state index is 11.7. The average molecular weight is 289 g/mol. The lowest BCUT2D eigenvalue weighted by atomic mass is 9.94. The van der Waals surface area contributed by atoms with Gasteiger partial charge in [0.25, 0.3) is 0 Å². The second-order valence-electron chi connectivity index (χ2n) is 5.29. The van der Waals surface area contributed by atoms with Crippen LogP contribution in [0.2, 0.25) is 0 Å². The highest BCUT2D eigenvalue weighted by Crippen LogP contribution is 2.18. The molecule has 0 aliphatic carbocycles. The molecule has 1 aliphatic rings. The summed E-state index contributed by atoms with van der Waals surface area (Å²) in [6.45, 7) is 3.43. The summed E-state index contributed by atoms with van der Waals surface area (Å²) in [4.78, 5) is 22.9. The van der Waals surface area contributed by atoms with Crippen molar-refractivity contribution in [1.29, 1.82) is 0 Å². The summed E-state index contributed by atoms with van der Waals surface area (Å²) in [7, 11) is 0. The van der Waals surface area contributed by atoms with Crippen molar-refractivity contribution in [3.05, 3.63) is 29.8 Å². The quantitative estimate of drug-likeness (QED) is 0.775. The molecule has 0 radical (unpaired) electrons. The first-order chi connectivity index (χ1) is 10.0. The van der Waals surface area contributed by atoms with Crippen molar-refractivity contribution in [2.45, 2.75) is 20.3 Å².